The zero-order valence-electron chi connectivity index (χ0n) is 21.3. The van der Waals surface area contributed by atoms with Crippen molar-refractivity contribution in [1.29, 1.82) is 0 Å². The van der Waals surface area contributed by atoms with Crippen LogP contribution in [-0.2, 0) is 15.9 Å². The van der Waals surface area contributed by atoms with Crippen molar-refractivity contribution in [1.82, 2.24) is 0 Å². The zero-order valence-corrected chi connectivity index (χ0v) is 21.3. The highest BCUT2D eigenvalue weighted by atomic mass is 16.7. The molecule has 4 aromatic rings. The molecule has 4 atom stereocenters. The summed E-state index contributed by atoms with van der Waals surface area (Å²) in [7, 11) is 0. The van der Waals surface area contributed by atoms with Crippen LogP contribution in [0.3, 0.4) is 0 Å². The molecule has 0 amide bonds. The van der Waals surface area contributed by atoms with Gasteiger partial charge in [-0.2, -0.15) is 0 Å². The second kappa shape index (κ2) is 7.78. The van der Waals surface area contributed by atoms with E-state index in [9.17, 15) is 4.79 Å². The number of fused-ring (bicyclic) bond motifs is 8. The molecule has 0 radical (unpaired) electrons. The molecular weight excluding hydrogens is 460 g/mol. The summed E-state index contributed by atoms with van der Waals surface area (Å²) in [5.74, 6) is 1.85. The van der Waals surface area contributed by atoms with Crippen LogP contribution in [0.25, 0.3) is 21.7 Å². The predicted molar refractivity (Wildman–Crippen MR) is 143 cm³/mol. The first-order valence-corrected chi connectivity index (χ1v) is 13.9. The molecule has 1 spiro atoms. The Labute approximate surface area is 216 Å². The molecule has 4 heteroatoms. The number of furan rings is 1. The molecule has 8 rings (SSSR count). The Bertz CT molecular complexity index is 1550. The highest BCUT2D eigenvalue weighted by Crippen LogP contribution is 2.66. The Balaban J connectivity index is 1.15. The minimum absolute atomic E-state index is 0.0508. The fourth-order valence-corrected chi connectivity index (χ4v) is 8.66. The van der Waals surface area contributed by atoms with Crippen LogP contribution in [0.2, 0.25) is 0 Å². The van der Waals surface area contributed by atoms with E-state index in [0.717, 1.165) is 60.6 Å². The largest absolute Gasteiger partial charge is 0.453 e. The van der Waals surface area contributed by atoms with Gasteiger partial charge in [0.15, 0.2) is 11.5 Å². The van der Waals surface area contributed by atoms with Crippen LogP contribution in [0, 0.1) is 17.3 Å². The van der Waals surface area contributed by atoms with Crippen LogP contribution < -0.4 is 0 Å². The maximum absolute atomic E-state index is 13.5. The molecule has 1 aliphatic heterocycles. The Morgan fingerprint density at radius 1 is 0.892 bits per heavy atom. The summed E-state index contributed by atoms with van der Waals surface area (Å²) in [6.07, 6.45) is 6.83. The van der Waals surface area contributed by atoms with E-state index >= 15 is 0 Å². The third-order valence-electron chi connectivity index (χ3n) is 10.4. The molecule has 3 aliphatic carbocycles. The Hall–Kier alpha value is -2.95. The summed E-state index contributed by atoms with van der Waals surface area (Å²) in [4.78, 5) is 13.5. The Morgan fingerprint density at radius 3 is 2.62 bits per heavy atom. The molecule has 4 nitrogen and oxygen atoms in total. The number of benzene rings is 3. The van der Waals surface area contributed by atoms with Crippen LogP contribution in [0.15, 0.2) is 65.1 Å². The van der Waals surface area contributed by atoms with Crippen LogP contribution in [0.5, 0.6) is 0 Å². The van der Waals surface area contributed by atoms with E-state index in [1.165, 1.54) is 24.0 Å². The smallest absolute Gasteiger partial charge is 0.228 e. The number of carbonyl (C=O) groups is 1. The molecule has 1 saturated heterocycles. The molecule has 2 saturated carbocycles. The highest BCUT2D eigenvalue weighted by Gasteiger charge is 2.65. The Morgan fingerprint density at radius 2 is 1.73 bits per heavy atom. The van der Waals surface area contributed by atoms with Crippen molar-refractivity contribution in [3.8, 4) is 0 Å². The monoisotopic (exact) mass is 492 g/mol. The topological polar surface area (TPSA) is 48.7 Å². The number of hydrogen-bond donors (Lipinski definition) is 0. The van der Waals surface area contributed by atoms with Gasteiger partial charge >= 0.3 is 0 Å². The fraction of sp³-hybridized carbons (Fsp3) is 0.424. The SMILES string of the molecule is C[C@]12CC[C@@H]3c4cc5oc(C(=O)c6cccc7ccccc67)cc5cc4CC[C@H]3[C@@H]1CCC21OCCO1. The molecular formula is C33H32O4. The quantitative estimate of drug-likeness (QED) is 0.273. The average Bonchev–Trinajstić information content (AvgIpc) is 3.65. The van der Waals surface area contributed by atoms with E-state index in [4.69, 9.17) is 13.9 Å². The molecule has 2 heterocycles. The van der Waals surface area contributed by atoms with Crippen LogP contribution >= 0.6 is 0 Å². The van der Waals surface area contributed by atoms with Crippen LogP contribution in [-0.4, -0.2) is 24.8 Å². The zero-order chi connectivity index (χ0) is 24.8. The van der Waals surface area contributed by atoms with Gasteiger partial charge in [0, 0.05) is 22.8 Å². The molecule has 3 aromatic carbocycles. The number of ketones is 1. The lowest BCUT2D eigenvalue weighted by Gasteiger charge is -2.52. The van der Waals surface area contributed by atoms with E-state index in [1.807, 2.05) is 48.5 Å². The van der Waals surface area contributed by atoms with Gasteiger partial charge in [0.2, 0.25) is 5.78 Å². The predicted octanol–water partition coefficient (Wildman–Crippen LogP) is 7.42. The Kier molecular flexibility index (Phi) is 4.64. The maximum Gasteiger partial charge on any atom is 0.228 e. The minimum atomic E-state index is -0.356. The first-order valence-electron chi connectivity index (χ1n) is 13.9. The number of carbonyl (C=O) groups excluding carboxylic acids is 1. The van der Waals surface area contributed by atoms with Gasteiger partial charge in [0.1, 0.15) is 5.58 Å². The van der Waals surface area contributed by atoms with Crippen molar-refractivity contribution >= 4 is 27.5 Å². The van der Waals surface area contributed by atoms with Crippen LogP contribution in [0.4, 0.5) is 0 Å². The lowest BCUT2D eigenvalue weighted by molar-refractivity contribution is -0.237. The molecule has 0 unspecified atom stereocenters. The summed E-state index contributed by atoms with van der Waals surface area (Å²) in [5, 5.41) is 3.07. The van der Waals surface area contributed by atoms with Gasteiger partial charge in [-0.3, -0.25) is 4.79 Å². The van der Waals surface area contributed by atoms with E-state index in [0.29, 0.717) is 29.1 Å². The van der Waals surface area contributed by atoms with Gasteiger partial charge in [-0.15, -0.1) is 0 Å². The molecule has 37 heavy (non-hydrogen) atoms. The molecule has 0 bridgehead atoms. The van der Waals surface area contributed by atoms with E-state index in [1.54, 1.807) is 0 Å². The summed E-state index contributed by atoms with van der Waals surface area (Å²) >= 11 is 0. The van der Waals surface area contributed by atoms with E-state index in [-0.39, 0.29) is 17.0 Å². The first kappa shape index (κ1) is 22.1. The maximum atomic E-state index is 13.5. The van der Waals surface area contributed by atoms with Crippen molar-refractivity contribution in [3.05, 3.63) is 83.1 Å². The summed E-state index contributed by atoms with van der Waals surface area (Å²) < 4.78 is 18.9. The molecule has 0 N–H and O–H groups in total. The second-order valence-electron chi connectivity index (χ2n) is 11.9. The summed E-state index contributed by atoms with van der Waals surface area (Å²) in [6.45, 7) is 3.90. The van der Waals surface area contributed by atoms with Crippen LogP contribution in [0.1, 0.15) is 72.2 Å². The van der Waals surface area contributed by atoms with Gasteiger partial charge in [-0.25, -0.2) is 0 Å². The van der Waals surface area contributed by atoms with Gasteiger partial charge < -0.3 is 13.9 Å². The molecule has 4 aliphatic rings. The average molecular weight is 493 g/mol. The van der Waals surface area contributed by atoms with Crippen molar-refractivity contribution < 1.29 is 18.7 Å². The highest BCUT2D eigenvalue weighted by molar-refractivity contribution is 6.16. The van der Waals surface area contributed by atoms with E-state index in [2.05, 4.69) is 19.1 Å². The van der Waals surface area contributed by atoms with Gasteiger partial charge in [0.25, 0.3) is 0 Å². The lowest BCUT2D eigenvalue weighted by atomic mass is 9.55. The fourth-order valence-electron chi connectivity index (χ4n) is 8.66. The first-order chi connectivity index (χ1) is 18.1. The van der Waals surface area contributed by atoms with Crippen molar-refractivity contribution in [2.75, 3.05) is 13.2 Å². The summed E-state index contributed by atoms with van der Waals surface area (Å²) in [5.41, 5.74) is 4.51. The lowest BCUT2D eigenvalue weighted by Crippen LogP contribution is -2.51. The van der Waals surface area contributed by atoms with Crippen molar-refractivity contribution in [2.24, 2.45) is 17.3 Å². The van der Waals surface area contributed by atoms with Gasteiger partial charge in [0.05, 0.1) is 13.2 Å². The number of rotatable bonds is 2. The standard InChI is InChI=1S/C33H32O4/c1-32-13-11-24-25(28(32)12-14-33(32)35-15-16-36-33)10-9-21-17-22-18-30(37-29(22)19-27(21)24)31(34)26-8-4-6-20-5-2-3-7-23(20)26/h2-8,17-19,24-25,28H,9-16H2,1H3/t24-,25+,28-,32-/m0/s1. The number of ether oxygens (including phenoxy) is 2. The third-order valence-corrected chi connectivity index (χ3v) is 10.4. The number of hydrogen-bond acceptors (Lipinski definition) is 4. The molecule has 188 valence electrons. The van der Waals surface area contributed by atoms with Crippen molar-refractivity contribution in [2.45, 2.75) is 57.2 Å². The molecule has 1 aromatic heterocycles. The van der Waals surface area contributed by atoms with Crippen molar-refractivity contribution in [3.63, 3.8) is 0 Å². The third kappa shape index (κ3) is 3.00. The molecule has 3 fully saturated rings. The van der Waals surface area contributed by atoms with E-state index < -0.39 is 0 Å². The minimum Gasteiger partial charge on any atom is -0.453 e. The van der Waals surface area contributed by atoms with Gasteiger partial charge in [-0.05, 0) is 90.0 Å². The second-order valence-corrected chi connectivity index (χ2v) is 11.9. The normalized spacial score (nSPS) is 29.9. The number of aryl methyl sites for hydroxylation is 1. The van der Waals surface area contributed by atoms with Gasteiger partial charge in [-0.1, -0.05) is 49.4 Å². The summed E-state index contributed by atoms with van der Waals surface area (Å²) in [6, 6.07) is 20.4.